The molecule has 14 heteroatoms. The quantitative estimate of drug-likeness (QED) is 0.123. The zero-order valence-corrected chi connectivity index (χ0v) is 24.9. The summed E-state index contributed by atoms with van der Waals surface area (Å²) < 4.78 is 5.30. The van der Waals surface area contributed by atoms with Crippen LogP contribution in [0.3, 0.4) is 0 Å². The molecule has 2 aliphatic carbocycles. The van der Waals surface area contributed by atoms with E-state index in [1.165, 1.54) is 37.4 Å². The van der Waals surface area contributed by atoms with Gasteiger partial charge in [0.2, 0.25) is 11.8 Å². The number of anilines is 1. The first-order valence-electron chi connectivity index (χ1n) is 12.9. The van der Waals surface area contributed by atoms with E-state index in [1.54, 1.807) is 18.2 Å². The molecule has 4 aliphatic rings. The molecule has 3 fully saturated rings. The maximum absolute atomic E-state index is 14.0. The summed E-state index contributed by atoms with van der Waals surface area (Å²) in [4.78, 5) is 63.5. The number of ether oxygens (including phenoxy) is 1. The number of aromatic hydroxyl groups is 1. The number of nitro benzene ring substituents is 1. The zero-order valence-electron chi connectivity index (χ0n) is 21.8. The Morgan fingerprint density at radius 1 is 1.07 bits per heavy atom. The largest absolute Gasteiger partial charge is 0.504 e. The molecule has 0 spiro atoms. The van der Waals surface area contributed by atoms with Gasteiger partial charge in [0.15, 0.2) is 21.2 Å². The lowest BCUT2D eigenvalue weighted by atomic mass is 9.56. The van der Waals surface area contributed by atoms with Crippen molar-refractivity contribution < 1.29 is 33.9 Å². The number of fused-ring (bicyclic) bond motifs is 4. The van der Waals surface area contributed by atoms with Gasteiger partial charge in [-0.2, -0.15) is 0 Å². The Morgan fingerprint density at radius 2 is 1.76 bits per heavy atom. The van der Waals surface area contributed by atoms with Crippen molar-refractivity contribution in [1.29, 1.82) is 0 Å². The van der Waals surface area contributed by atoms with Gasteiger partial charge in [-0.15, -0.1) is 23.2 Å². The lowest BCUT2D eigenvalue weighted by Gasteiger charge is -2.50. The fourth-order valence-electron chi connectivity index (χ4n) is 7.01. The van der Waals surface area contributed by atoms with Crippen molar-refractivity contribution in [3.8, 4) is 11.5 Å². The molecule has 11 nitrogen and oxygen atoms in total. The van der Waals surface area contributed by atoms with Crippen LogP contribution in [0, 0.1) is 27.9 Å². The van der Waals surface area contributed by atoms with E-state index in [0.717, 1.165) is 9.80 Å². The maximum atomic E-state index is 14.0. The number of nitrogens with zero attached hydrogens (tertiary/aromatic N) is 3. The second kappa shape index (κ2) is 9.78. The third kappa shape index (κ3) is 3.58. The van der Waals surface area contributed by atoms with Gasteiger partial charge in [0.05, 0.1) is 35.0 Å². The minimum absolute atomic E-state index is 0.106. The summed E-state index contributed by atoms with van der Waals surface area (Å²) >= 11 is 17.5. The molecular formula is C28H22BrCl2N3O8. The Hall–Kier alpha value is -3.48. The zero-order chi connectivity index (χ0) is 30.3. The molecular weight excluding hydrogens is 657 g/mol. The number of methoxy groups -OCH3 is 1. The number of imide groups is 2. The molecule has 4 amide bonds. The average molecular weight is 679 g/mol. The standard InChI is InChI=1S/C28H22BrCl2N3O8/c1-42-19-4-2-3-17(22(19)35)21-15-9-10-16-20(18(15)11-27(30)25(38)32(12-29)26(39)28(21,27)31)24(37)33(23(16)36)13-5-7-14(8-6-13)34(40)41/h2-9,16,18,20-21,35H,10-12H2,1H3. The van der Waals surface area contributed by atoms with Crippen molar-refractivity contribution in [1.82, 2.24) is 4.90 Å². The first-order valence-corrected chi connectivity index (χ1v) is 14.8. The van der Waals surface area contributed by atoms with Crippen molar-refractivity contribution in [3.63, 3.8) is 0 Å². The van der Waals surface area contributed by atoms with Crippen LogP contribution >= 0.6 is 39.1 Å². The summed E-state index contributed by atoms with van der Waals surface area (Å²) in [5, 5.41) is 22.3. The van der Waals surface area contributed by atoms with Crippen molar-refractivity contribution in [2.45, 2.75) is 28.5 Å². The summed E-state index contributed by atoms with van der Waals surface area (Å²) in [6.45, 7) is 0. The Balaban J connectivity index is 1.51. The number of hydrogen-bond acceptors (Lipinski definition) is 8. The van der Waals surface area contributed by atoms with Crippen molar-refractivity contribution in [2.75, 3.05) is 17.5 Å². The summed E-state index contributed by atoms with van der Waals surface area (Å²) in [6, 6.07) is 9.75. The number of halogens is 3. The number of likely N-dealkylation sites (tertiary alicyclic amines) is 1. The van der Waals surface area contributed by atoms with E-state index in [2.05, 4.69) is 15.9 Å². The number of carbonyl (C=O) groups excluding carboxylic acids is 4. The fraction of sp³-hybridized carbons (Fsp3) is 0.357. The highest BCUT2D eigenvalue weighted by Crippen LogP contribution is 2.66. The smallest absolute Gasteiger partial charge is 0.269 e. The highest BCUT2D eigenvalue weighted by molar-refractivity contribution is 9.09. The molecule has 0 radical (unpaired) electrons. The molecule has 2 aromatic carbocycles. The van der Waals surface area contributed by atoms with E-state index < -0.39 is 62.0 Å². The summed E-state index contributed by atoms with van der Waals surface area (Å²) in [5.74, 6) is -6.45. The number of phenolic OH excluding ortho intramolecular Hbond substituents is 1. The number of phenols is 1. The SMILES string of the molecule is COc1cccc(C2C3=CCC4C(=O)N(c5ccc([N+](=O)[O-])cc5)C(=O)C4C3CC3(Cl)C(=O)N(CBr)C(=O)C23Cl)c1O. The number of amides is 4. The first kappa shape index (κ1) is 28.6. The summed E-state index contributed by atoms with van der Waals surface area (Å²) in [7, 11) is 1.36. The molecule has 2 heterocycles. The van der Waals surface area contributed by atoms with Crippen LogP contribution in [0.4, 0.5) is 11.4 Å². The van der Waals surface area contributed by atoms with E-state index in [1.807, 2.05) is 0 Å². The van der Waals surface area contributed by atoms with Gasteiger partial charge in [0, 0.05) is 23.6 Å². The van der Waals surface area contributed by atoms with Gasteiger partial charge in [-0.1, -0.05) is 39.7 Å². The molecule has 2 aliphatic heterocycles. The number of carbonyl (C=O) groups is 4. The molecule has 6 unspecified atom stereocenters. The number of allylic oxidation sites excluding steroid dienone is 2. The molecule has 6 atom stereocenters. The molecule has 42 heavy (non-hydrogen) atoms. The number of alkyl halides is 3. The molecule has 6 rings (SSSR count). The predicted molar refractivity (Wildman–Crippen MR) is 154 cm³/mol. The highest BCUT2D eigenvalue weighted by Gasteiger charge is 2.76. The summed E-state index contributed by atoms with van der Waals surface area (Å²) in [6.07, 6.45) is 1.65. The van der Waals surface area contributed by atoms with E-state index in [9.17, 15) is 34.4 Å². The van der Waals surface area contributed by atoms with Gasteiger partial charge in [-0.3, -0.25) is 39.1 Å². The second-order valence-electron chi connectivity index (χ2n) is 10.7. The van der Waals surface area contributed by atoms with Crippen LogP contribution in [0.1, 0.15) is 24.3 Å². The van der Waals surface area contributed by atoms with E-state index in [0.29, 0.717) is 5.57 Å². The lowest BCUT2D eigenvalue weighted by molar-refractivity contribution is -0.384. The topological polar surface area (TPSA) is 147 Å². The first-order chi connectivity index (χ1) is 19.9. The molecule has 1 saturated carbocycles. The van der Waals surface area contributed by atoms with Crippen LogP contribution in [-0.2, 0) is 19.2 Å². The average Bonchev–Trinajstić information content (AvgIpc) is 3.31. The number of para-hydroxylation sites is 1. The Bertz CT molecular complexity index is 1620. The molecule has 218 valence electrons. The second-order valence-corrected chi connectivity index (χ2v) is 12.4. The van der Waals surface area contributed by atoms with Gasteiger partial charge in [0.1, 0.15) is 0 Å². The van der Waals surface area contributed by atoms with Crippen LogP contribution in [0.5, 0.6) is 11.5 Å². The van der Waals surface area contributed by atoms with E-state index >= 15 is 0 Å². The van der Waals surface area contributed by atoms with Crippen molar-refractivity contribution in [3.05, 3.63) is 69.8 Å². The van der Waals surface area contributed by atoms with Crippen LogP contribution in [-0.4, -0.2) is 60.9 Å². The third-order valence-corrected chi connectivity index (χ3v) is 10.8. The van der Waals surface area contributed by atoms with Gasteiger partial charge in [-0.25, -0.2) is 0 Å². The van der Waals surface area contributed by atoms with Crippen LogP contribution in [0.25, 0.3) is 0 Å². The van der Waals surface area contributed by atoms with Crippen LogP contribution in [0.15, 0.2) is 54.1 Å². The molecule has 0 aromatic heterocycles. The Kier molecular flexibility index (Phi) is 6.67. The number of nitro groups is 1. The van der Waals surface area contributed by atoms with Gasteiger partial charge in [-0.05, 0) is 37.0 Å². The fourth-order valence-corrected chi connectivity index (χ4v) is 8.43. The maximum Gasteiger partial charge on any atom is 0.269 e. The van der Waals surface area contributed by atoms with Crippen molar-refractivity contribution >= 4 is 74.1 Å². The monoisotopic (exact) mass is 677 g/mol. The highest BCUT2D eigenvalue weighted by atomic mass is 79.9. The number of rotatable bonds is 5. The Morgan fingerprint density at radius 3 is 2.38 bits per heavy atom. The third-order valence-electron chi connectivity index (χ3n) is 8.89. The van der Waals surface area contributed by atoms with Gasteiger partial charge in [0.25, 0.3) is 17.5 Å². The number of benzene rings is 2. The lowest BCUT2D eigenvalue weighted by Crippen LogP contribution is -2.60. The van der Waals surface area contributed by atoms with Gasteiger partial charge < -0.3 is 9.84 Å². The normalized spacial score (nSPS) is 32.0. The minimum atomic E-state index is -2.07. The van der Waals surface area contributed by atoms with Crippen LogP contribution in [0.2, 0.25) is 0 Å². The van der Waals surface area contributed by atoms with Gasteiger partial charge >= 0.3 is 0 Å². The van der Waals surface area contributed by atoms with E-state index in [-0.39, 0.29) is 46.7 Å². The summed E-state index contributed by atoms with van der Waals surface area (Å²) in [5.41, 5.74) is 0.497. The molecule has 1 N–H and O–H groups in total. The minimum Gasteiger partial charge on any atom is -0.504 e. The Labute approximate surface area is 257 Å². The molecule has 2 saturated heterocycles. The van der Waals surface area contributed by atoms with E-state index in [4.69, 9.17) is 27.9 Å². The van der Waals surface area contributed by atoms with Crippen LogP contribution < -0.4 is 9.64 Å². The molecule has 0 bridgehead atoms. The van der Waals surface area contributed by atoms with Crippen molar-refractivity contribution in [2.24, 2.45) is 17.8 Å². The number of hydrogen-bond donors (Lipinski definition) is 1. The number of non-ortho nitro benzene ring substituents is 1. The predicted octanol–water partition coefficient (Wildman–Crippen LogP) is 4.22. The molecule has 2 aromatic rings.